The minimum atomic E-state index is 0.0633. The van der Waals surface area contributed by atoms with Crippen LogP contribution in [0.2, 0.25) is 0 Å². The molecule has 62 valence electrons. The van der Waals surface area contributed by atoms with Crippen molar-refractivity contribution in [2.24, 2.45) is 0 Å². The monoisotopic (exact) mass is 154 g/mol. The Morgan fingerprint density at radius 1 is 1.55 bits per heavy atom. The van der Waals surface area contributed by atoms with Crippen molar-refractivity contribution in [3.63, 3.8) is 0 Å². The number of rotatable bonds is 4. The van der Waals surface area contributed by atoms with Crippen molar-refractivity contribution in [2.45, 2.75) is 26.7 Å². The highest BCUT2D eigenvalue weighted by molar-refractivity contribution is 5.75. The van der Waals surface area contributed by atoms with Crippen molar-refractivity contribution < 1.29 is 4.79 Å². The van der Waals surface area contributed by atoms with Crippen LogP contribution in [0.5, 0.6) is 0 Å². The first-order valence-corrected chi connectivity index (χ1v) is 3.91. The molecule has 0 rings (SSSR count). The fourth-order valence-corrected chi connectivity index (χ4v) is 0.871. The molecule has 0 N–H and O–H groups in total. The van der Waals surface area contributed by atoms with Crippen LogP contribution in [0, 0.1) is 11.3 Å². The lowest BCUT2D eigenvalue weighted by Crippen LogP contribution is -2.31. The summed E-state index contributed by atoms with van der Waals surface area (Å²) in [5.74, 6) is 0.0633. The van der Waals surface area contributed by atoms with E-state index in [1.54, 1.807) is 4.90 Å². The molecule has 0 aromatic heterocycles. The zero-order chi connectivity index (χ0) is 8.69. The smallest absolute Gasteiger partial charge is 0.223 e. The summed E-state index contributed by atoms with van der Waals surface area (Å²) < 4.78 is 0. The number of hydrogen-bond donors (Lipinski definition) is 0. The molecule has 0 aliphatic carbocycles. The molecule has 0 aliphatic heterocycles. The van der Waals surface area contributed by atoms with Crippen molar-refractivity contribution in [2.75, 3.05) is 13.1 Å². The van der Waals surface area contributed by atoms with Crippen molar-refractivity contribution >= 4 is 5.91 Å². The Labute approximate surface area is 67.6 Å². The van der Waals surface area contributed by atoms with E-state index in [2.05, 4.69) is 0 Å². The van der Waals surface area contributed by atoms with Crippen molar-refractivity contribution in [1.82, 2.24) is 4.90 Å². The van der Waals surface area contributed by atoms with E-state index in [0.29, 0.717) is 13.0 Å². The van der Waals surface area contributed by atoms with E-state index in [9.17, 15) is 4.79 Å². The van der Waals surface area contributed by atoms with Gasteiger partial charge in [0.25, 0.3) is 0 Å². The molecule has 0 atom stereocenters. The quantitative estimate of drug-likeness (QED) is 0.570. The molecule has 3 nitrogen and oxygen atoms in total. The van der Waals surface area contributed by atoms with Crippen LogP contribution >= 0.6 is 0 Å². The van der Waals surface area contributed by atoms with Gasteiger partial charge in [-0.15, -0.1) is 0 Å². The van der Waals surface area contributed by atoms with E-state index in [-0.39, 0.29) is 12.5 Å². The van der Waals surface area contributed by atoms with Crippen LogP contribution in [0.3, 0.4) is 0 Å². The highest BCUT2D eigenvalue weighted by Crippen LogP contribution is 1.94. The summed E-state index contributed by atoms with van der Waals surface area (Å²) in [6.45, 7) is 4.72. The molecule has 0 bridgehead atoms. The van der Waals surface area contributed by atoms with Gasteiger partial charge in [-0.3, -0.25) is 4.79 Å². The highest BCUT2D eigenvalue weighted by atomic mass is 16.2. The Hall–Kier alpha value is -1.04. The lowest BCUT2D eigenvalue weighted by molar-refractivity contribution is -0.130. The first-order chi connectivity index (χ1) is 5.26. The van der Waals surface area contributed by atoms with Gasteiger partial charge in [0, 0.05) is 13.0 Å². The Morgan fingerprint density at radius 2 is 2.18 bits per heavy atom. The molecule has 11 heavy (non-hydrogen) atoms. The van der Waals surface area contributed by atoms with Gasteiger partial charge < -0.3 is 4.90 Å². The third-order valence-corrected chi connectivity index (χ3v) is 1.41. The lowest BCUT2D eigenvalue weighted by atomic mass is 10.3. The lowest BCUT2D eigenvalue weighted by Gasteiger charge is -2.17. The fraction of sp³-hybridized carbons (Fsp3) is 0.750. The fourth-order valence-electron chi connectivity index (χ4n) is 0.871. The SMILES string of the molecule is CCCN(CC#N)C(=O)CC. The first-order valence-electron chi connectivity index (χ1n) is 3.91. The van der Waals surface area contributed by atoms with Crippen LogP contribution in [-0.4, -0.2) is 23.9 Å². The Balaban J connectivity index is 3.89. The second kappa shape index (κ2) is 5.72. The summed E-state index contributed by atoms with van der Waals surface area (Å²) in [6.07, 6.45) is 1.40. The van der Waals surface area contributed by atoms with Gasteiger partial charge in [-0.25, -0.2) is 0 Å². The minimum absolute atomic E-state index is 0.0633. The Kier molecular flexibility index (Phi) is 5.18. The molecular weight excluding hydrogens is 140 g/mol. The number of carbonyl (C=O) groups is 1. The maximum Gasteiger partial charge on any atom is 0.223 e. The van der Waals surface area contributed by atoms with E-state index < -0.39 is 0 Å². The van der Waals surface area contributed by atoms with Gasteiger partial charge in [-0.05, 0) is 6.42 Å². The average molecular weight is 154 g/mol. The van der Waals surface area contributed by atoms with E-state index in [1.807, 2.05) is 19.9 Å². The predicted octanol–water partition coefficient (Wildman–Crippen LogP) is 1.16. The van der Waals surface area contributed by atoms with Crippen LogP contribution in [0.4, 0.5) is 0 Å². The summed E-state index contributed by atoms with van der Waals surface area (Å²) >= 11 is 0. The maximum absolute atomic E-state index is 11.1. The summed E-state index contributed by atoms with van der Waals surface area (Å²) in [7, 11) is 0. The average Bonchev–Trinajstić information content (AvgIpc) is 2.03. The molecule has 0 radical (unpaired) electrons. The molecule has 0 heterocycles. The Morgan fingerprint density at radius 3 is 2.55 bits per heavy atom. The zero-order valence-corrected chi connectivity index (χ0v) is 7.13. The van der Waals surface area contributed by atoms with Crippen molar-refractivity contribution in [3.05, 3.63) is 0 Å². The number of nitriles is 1. The van der Waals surface area contributed by atoms with E-state index >= 15 is 0 Å². The summed E-state index contributed by atoms with van der Waals surface area (Å²) in [5.41, 5.74) is 0. The van der Waals surface area contributed by atoms with Gasteiger partial charge >= 0.3 is 0 Å². The Bertz CT molecular complexity index is 160. The molecule has 0 spiro atoms. The minimum Gasteiger partial charge on any atom is -0.329 e. The van der Waals surface area contributed by atoms with Gasteiger partial charge in [-0.1, -0.05) is 13.8 Å². The standard InChI is InChI=1S/C8H14N2O/c1-3-6-10(7-5-9)8(11)4-2/h3-4,6-7H2,1-2H3. The first kappa shape index (κ1) is 9.96. The number of nitrogens with zero attached hydrogens (tertiary/aromatic N) is 2. The third kappa shape index (κ3) is 3.61. The summed E-state index contributed by atoms with van der Waals surface area (Å²) in [5, 5.41) is 8.36. The molecule has 0 saturated heterocycles. The number of amides is 1. The normalized spacial score (nSPS) is 8.82. The van der Waals surface area contributed by atoms with Gasteiger partial charge in [0.15, 0.2) is 0 Å². The predicted molar refractivity (Wildman–Crippen MR) is 42.8 cm³/mol. The maximum atomic E-state index is 11.1. The number of carbonyl (C=O) groups excluding carboxylic acids is 1. The second-order valence-corrected chi connectivity index (χ2v) is 2.33. The van der Waals surface area contributed by atoms with Gasteiger partial charge in [0.05, 0.1) is 6.07 Å². The molecule has 0 unspecified atom stereocenters. The topological polar surface area (TPSA) is 44.1 Å². The van der Waals surface area contributed by atoms with Crippen molar-refractivity contribution in [3.8, 4) is 6.07 Å². The van der Waals surface area contributed by atoms with E-state index in [4.69, 9.17) is 5.26 Å². The van der Waals surface area contributed by atoms with Crippen LogP contribution in [0.25, 0.3) is 0 Å². The highest BCUT2D eigenvalue weighted by Gasteiger charge is 2.08. The molecule has 3 heteroatoms. The van der Waals surface area contributed by atoms with E-state index in [1.165, 1.54) is 0 Å². The molecule has 0 fully saturated rings. The zero-order valence-electron chi connectivity index (χ0n) is 7.13. The van der Waals surface area contributed by atoms with E-state index in [0.717, 1.165) is 6.42 Å². The second-order valence-electron chi connectivity index (χ2n) is 2.33. The van der Waals surface area contributed by atoms with Gasteiger partial charge in [0.1, 0.15) is 6.54 Å². The molecule has 0 aliphatic rings. The van der Waals surface area contributed by atoms with Crippen molar-refractivity contribution in [1.29, 1.82) is 5.26 Å². The molecular formula is C8H14N2O. The molecule has 0 aromatic carbocycles. The largest absolute Gasteiger partial charge is 0.329 e. The summed E-state index contributed by atoms with van der Waals surface area (Å²) in [6, 6.07) is 1.97. The third-order valence-electron chi connectivity index (χ3n) is 1.41. The summed E-state index contributed by atoms with van der Waals surface area (Å²) in [4.78, 5) is 12.6. The molecule has 1 amide bonds. The number of hydrogen-bond acceptors (Lipinski definition) is 2. The molecule has 0 aromatic rings. The van der Waals surface area contributed by atoms with Gasteiger partial charge in [-0.2, -0.15) is 5.26 Å². The van der Waals surface area contributed by atoms with Crippen LogP contribution < -0.4 is 0 Å². The van der Waals surface area contributed by atoms with Crippen LogP contribution in [-0.2, 0) is 4.79 Å². The molecule has 0 saturated carbocycles. The van der Waals surface area contributed by atoms with Crippen LogP contribution in [0.15, 0.2) is 0 Å². The van der Waals surface area contributed by atoms with Crippen LogP contribution in [0.1, 0.15) is 26.7 Å². The van der Waals surface area contributed by atoms with Gasteiger partial charge in [0.2, 0.25) is 5.91 Å².